The van der Waals surface area contributed by atoms with Crippen LogP contribution < -0.4 is 5.32 Å². The number of amides is 1. The highest BCUT2D eigenvalue weighted by Gasteiger charge is 2.02. The third-order valence-corrected chi connectivity index (χ3v) is 1.58. The van der Waals surface area contributed by atoms with Gasteiger partial charge in [0, 0.05) is 5.56 Å². The van der Waals surface area contributed by atoms with Crippen LogP contribution in [0.2, 0.25) is 0 Å². The lowest BCUT2D eigenvalue weighted by Gasteiger charge is -2.03. The first-order valence-electron chi connectivity index (χ1n) is 4.17. The molecule has 0 aliphatic carbocycles. The highest BCUT2D eigenvalue weighted by Crippen LogP contribution is 1.96. The number of carbonyl (C=O) groups is 1. The number of benzene rings is 1. The second-order valence-electron chi connectivity index (χ2n) is 2.55. The molecule has 4 nitrogen and oxygen atoms in total. The average Bonchev–Trinajstić information content (AvgIpc) is 2.25. The molecule has 0 aliphatic heterocycles. The van der Waals surface area contributed by atoms with Crippen molar-refractivity contribution >= 4 is 12.4 Å². The summed E-state index contributed by atoms with van der Waals surface area (Å²) in [5.41, 5.74) is 0.586. The number of nitrogens with one attached hydrogen (secondary N) is 1. The Kier molecular flexibility index (Phi) is 4.20. The zero-order valence-electron chi connectivity index (χ0n) is 7.53. The highest BCUT2D eigenvalue weighted by molar-refractivity contribution is 5.94. The van der Waals surface area contributed by atoms with Crippen LogP contribution in [0.25, 0.3) is 0 Å². The fourth-order valence-electron chi connectivity index (χ4n) is 0.949. The van der Waals surface area contributed by atoms with Crippen molar-refractivity contribution in [2.75, 3.05) is 13.2 Å². The predicted octanol–water partition coefficient (Wildman–Crippen LogP) is 0.500. The fraction of sp³-hybridized carbons (Fsp3) is 0.200. The van der Waals surface area contributed by atoms with E-state index < -0.39 is 0 Å². The van der Waals surface area contributed by atoms with Crippen LogP contribution in [-0.4, -0.2) is 25.5 Å². The van der Waals surface area contributed by atoms with Crippen LogP contribution in [0, 0.1) is 0 Å². The van der Waals surface area contributed by atoms with Gasteiger partial charge >= 0.3 is 6.47 Å². The van der Waals surface area contributed by atoms with Crippen molar-refractivity contribution in [1.29, 1.82) is 0 Å². The Morgan fingerprint density at radius 2 is 2.07 bits per heavy atom. The summed E-state index contributed by atoms with van der Waals surface area (Å²) in [6, 6.07) is 8.82. The molecule has 0 heterocycles. The standard InChI is InChI=1S/C10H10NO3/c12-8-14-7-6-11-10(13)9-4-2-1-3-5-9/h1-5H,6-7H2,(H,11,13). The summed E-state index contributed by atoms with van der Waals surface area (Å²) in [6.45, 7) is 1.72. The van der Waals surface area contributed by atoms with Gasteiger partial charge in [-0.25, -0.2) is 4.79 Å². The largest absolute Gasteiger partial charge is 0.455 e. The first-order chi connectivity index (χ1) is 6.84. The Morgan fingerprint density at radius 3 is 2.71 bits per heavy atom. The van der Waals surface area contributed by atoms with Crippen molar-refractivity contribution in [2.24, 2.45) is 0 Å². The molecule has 1 aromatic rings. The van der Waals surface area contributed by atoms with E-state index in [0.29, 0.717) is 12.1 Å². The van der Waals surface area contributed by atoms with Gasteiger partial charge in [0.25, 0.3) is 5.91 Å². The molecule has 0 saturated heterocycles. The summed E-state index contributed by atoms with van der Waals surface area (Å²) in [7, 11) is 0. The molecule has 73 valence electrons. The predicted molar refractivity (Wildman–Crippen MR) is 50.4 cm³/mol. The molecular formula is C10H10NO3. The molecule has 1 radical (unpaired) electrons. The van der Waals surface area contributed by atoms with Crippen LogP contribution >= 0.6 is 0 Å². The number of hydrogen-bond donors (Lipinski definition) is 1. The minimum absolute atomic E-state index is 0.141. The molecule has 0 saturated carbocycles. The molecule has 1 rings (SSSR count). The van der Waals surface area contributed by atoms with Crippen molar-refractivity contribution in [3.63, 3.8) is 0 Å². The normalized spacial score (nSPS) is 9.14. The van der Waals surface area contributed by atoms with Crippen molar-refractivity contribution in [2.45, 2.75) is 0 Å². The van der Waals surface area contributed by atoms with Crippen LogP contribution in [0.5, 0.6) is 0 Å². The van der Waals surface area contributed by atoms with Crippen LogP contribution in [0.1, 0.15) is 10.4 Å². The Hall–Kier alpha value is -1.84. The van der Waals surface area contributed by atoms with Gasteiger partial charge in [0.15, 0.2) is 0 Å². The number of carbonyl (C=O) groups excluding carboxylic acids is 2. The molecule has 1 aromatic carbocycles. The fourth-order valence-corrected chi connectivity index (χ4v) is 0.949. The maximum atomic E-state index is 11.3. The minimum Gasteiger partial charge on any atom is -0.455 e. The number of ether oxygens (including phenoxy) is 1. The van der Waals surface area contributed by atoms with E-state index in [4.69, 9.17) is 0 Å². The summed E-state index contributed by atoms with van der Waals surface area (Å²) in [5, 5.41) is 2.59. The van der Waals surface area contributed by atoms with Gasteiger partial charge in [-0.3, -0.25) is 4.79 Å². The molecular weight excluding hydrogens is 182 g/mol. The number of rotatable bonds is 5. The molecule has 0 fully saturated rings. The molecule has 1 N–H and O–H groups in total. The monoisotopic (exact) mass is 192 g/mol. The summed E-state index contributed by atoms with van der Waals surface area (Å²) < 4.78 is 4.30. The molecule has 0 aromatic heterocycles. The Labute approximate surface area is 81.9 Å². The van der Waals surface area contributed by atoms with E-state index in [9.17, 15) is 9.59 Å². The molecule has 0 spiro atoms. The first-order valence-corrected chi connectivity index (χ1v) is 4.17. The zero-order valence-corrected chi connectivity index (χ0v) is 7.53. The van der Waals surface area contributed by atoms with E-state index in [-0.39, 0.29) is 12.5 Å². The van der Waals surface area contributed by atoms with Crippen LogP contribution in [0.4, 0.5) is 0 Å². The van der Waals surface area contributed by atoms with E-state index in [0.717, 1.165) is 0 Å². The number of hydrogen-bond acceptors (Lipinski definition) is 3. The summed E-state index contributed by atoms with van der Waals surface area (Å²) in [4.78, 5) is 21.0. The minimum atomic E-state index is -0.180. The van der Waals surface area contributed by atoms with Crippen LogP contribution in [0.15, 0.2) is 30.3 Å². The van der Waals surface area contributed by atoms with Crippen LogP contribution in [-0.2, 0) is 9.53 Å². The lowest BCUT2D eigenvalue weighted by molar-refractivity contribution is 0.0945. The zero-order chi connectivity index (χ0) is 10.2. The highest BCUT2D eigenvalue weighted by atomic mass is 16.5. The van der Waals surface area contributed by atoms with Gasteiger partial charge in [-0.05, 0) is 12.1 Å². The molecule has 0 bridgehead atoms. The van der Waals surface area contributed by atoms with Gasteiger partial charge in [-0.2, -0.15) is 0 Å². The first kappa shape index (κ1) is 10.2. The third-order valence-electron chi connectivity index (χ3n) is 1.58. The van der Waals surface area contributed by atoms with Crippen molar-refractivity contribution in [1.82, 2.24) is 5.32 Å². The molecule has 0 atom stereocenters. The second kappa shape index (κ2) is 5.75. The lowest BCUT2D eigenvalue weighted by Crippen LogP contribution is -2.26. The summed E-state index contributed by atoms with van der Waals surface area (Å²) in [5.74, 6) is -0.180. The van der Waals surface area contributed by atoms with Crippen LogP contribution in [0.3, 0.4) is 0 Å². The van der Waals surface area contributed by atoms with Gasteiger partial charge in [-0.15, -0.1) is 0 Å². The topological polar surface area (TPSA) is 55.4 Å². The van der Waals surface area contributed by atoms with E-state index in [1.807, 2.05) is 6.07 Å². The molecule has 0 unspecified atom stereocenters. The van der Waals surface area contributed by atoms with Crippen molar-refractivity contribution in [3.05, 3.63) is 35.9 Å². The maximum Gasteiger partial charge on any atom is 0.417 e. The van der Waals surface area contributed by atoms with Crippen molar-refractivity contribution < 1.29 is 14.3 Å². The summed E-state index contributed by atoms with van der Waals surface area (Å²) in [6.07, 6.45) is 0. The molecule has 0 aliphatic rings. The van der Waals surface area contributed by atoms with Gasteiger partial charge in [-0.1, -0.05) is 18.2 Å². The summed E-state index contributed by atoms with van der Waals surface area (Å²) >= 11 is 0. The van der Waals surface area contributed by atoms with Gasteiger partial charge in [0.05, 0.1) is 6.54 Å². The molecule has 1 amide bonds. The maximum absolute atomic E-state index is 11.3. The Morgan fingerprint density at radius 1 is 1.36 bits per heavy atom. The molecule has 4 heteroatoms. The van der Waals surface area contributed by atoms with Gasteiger partial charge < -0.3 is 10.1 Å². The molecule has 14 heavy (non-hydrogen) atoms. The lowest BCUT2D eigenvalue weighted by atomic mass is 10.2. The van der Waals surface area contributed by atoms with Crippen molar-refractivity contribution in [3.8, 4) is 0 Å². The smallest absolute Gasteiger partial charge is 0.417 e. The van der Waals surface area contributed by atoms with E-state index in [1.165, 1.54) is 6.47 Å². The second-order valence-corrected chi connectivity index (χ2v) is 2.55. The van der Waals surface area contributed by atoms with Gasteiger partial charge in [0.2, 0.25) is 0 Å². The van der Waals surface area contributed by atoms with E-state index >= 15 is 0 Å². The Bertz CT molecular complexity index is 297. The van der Waals surface area contributed by atoms with E-state index in [1.54, 1.807) is 24.3 Å². The Balaban J connectivity index is 2.32. The van der Waals surface area contributed by atoms with Gasteiger partial charge in [0.1, 0.15) is 6.61 Å². The quantitative estimate of drug-likeness (QED) is 0.691. The third kappa shape index (κ3) is 3.26. The van der Waals surface area contributed by atoms with E-state index in [2.05, 4.69) is 10.1 Å². The SMILES string of the molecule is O=[C]OCCNC(=O)c1ccccc1. The average molecular weight is 192 g/mol.